The summed E-state index contributed by atoms with van der Waals surface area (Å²) in [6, 6.07) is 5.87. The highest BCUT2D eigenvalue weighted by Crippen LogP contribution is 2.28. The molecule has 0 aliphatic carbocycles. The summed E-state index contributed by atoms with van der Waals surface area (Å²) in [7, 11) is 3.79. The predicted octanol–water partition coefficient (Wildman–Crippen LogP) is 2.07. The number of nitrogens with zero attached hydrogens (tertiary/aromatic N) is 4. The Hall–Kier alpha value is -2.25. The van der Waals surface area contributed by atoms with E-state index in [-0.39, 0.29) is 12.0 Å². The second-order valence-corrected chi connectivity index (χ2v) is 6.80. The molecule has 0 spiro atoms. The van der Waals surface area contributed by atoms with Gasteiger partial charge in [0.05, 0.1) is 42.3 Å². The van der Waals surface area contributed by atoms with E-state index in [1.807, 2.05) is 55.9 Å². The minimum atomic E-state index is -0.222. The van der Waals surface area contributed by atoms with Gasteiger partial charge >= 0.3 is 0 Å². The molecule has 2 aromatic rings. The highest BCUT2D eigenvalue weighted by atomic mass is 16.5. The van der Waals surface area contributed by atoms with Crippen molar-refractivity contribution in [2.75, 3.05) is 40.3 Å². The lowest BCUT2D eigenvalue weighted by Gasteiger charge is -2.33. The number of aryl methyl sites for hydroxylation is 2. The molecule has 0 radical (unpaired) electrons. The van der Waals surface area contributed by atoms with Crippen molar-refractivity contribution in [3.8, 4) is 11.3 Å². The molecule has 2 aromatic heterocycles. The molecule has 0 unspecified atom stereocenters. The smallest absolute Gasteiger partial charge is 0.236 e. The molecule has 1 saturated heterocycles. The van der Waals surface area contributed by atoms with Crippen molar-refractivity contribution in [2.45, 2.75) is 26.4 Å². The van der Waals surface area contributed by atoms with Gasteiger partial charge in [-0.25, -0.2) is 4.98 Å². The summed E-state index contributed by atoms with van der Waals surface area (Å²) in [5.41, 5.74) is 3.44. The molecule has 1 atom stereocenters. The van der Waals surface area contributed by atoms with Crippen molar-refractivity contribution in [3.63, 3.8) is 0 Å². The maximum absolute atomic E-state index is 12.4. The number of aromatic nitrogens is 2. The second kappa shape index (κ2) is 7.97. The molecular weight excluding hydrogens is 332 g/mol. The molecule has 0 saturated carbocycles. The van der Waals surface area contributed by atoms with Gasteiger partial charge in [-0.1, -0.05) is 18.1 Å². The van der Waals surface area contributed by atoms with Gasteiger partial charge in [0, 0.05) is 13.0 Å². The van der Waals surface area contributed by atoms with E-state index in [2.05, 4.69) is 5.16 Å². The van der Waals surface area contributed by atoms with E-state index < -0.39 is 0 Å². The predicted molar refractivity (Wildman–Crippen MR) is 97.7 cm³/mol. The number of hydrogen-bond donors (Lipinski definition) is 0. The van der Waals surface area contributed by atoms with Crippen LogP contribution in [0.15, 0.2) is 22.7 Å². The highest BCUT2D eigenvalue weighted by Gasteiger charge is 2.27. The molecule has 0 bridgehead atoms. The van der Waals surface area contributed by atoms with Crippen molar-refractivity contribution in [3.05, 3.63) is 35.3 Å². The van der Waals surface area contributed by atoms with E-state index in [4.69, 9.17) is 14.2 Å². The van der Waals surface area contributed by atoms with Crippen LogP contribution < -0.4 is 0 Å². The van der Waals surface area contributed by atoms with Crippen molar-refractivity contribution in [2.24, 2.45) is 0 Å². The van der Waals surface area contributed by atoms with Crippen molar-refractivity contribution in [1.82, 2.24) is 19.9 Å². The first kappa shape index (κ1) is 18.5. The maximum atomic E-state index is 12.4. The lowest BCUT2D eigenvalue weighted by atomic mass is 10.1. The van der Waals surface area contributed by atoms with Crippen LogP contribution in [-0.4, -0.2) is 66.2 Å². The van der Waals surface area contributed by atoms with Crippen molar-refractivity contribution in [1.29, 1.82) is 0 Å². The molecule has 0 aromatic carbocycles. The third-order valence-electron chi connectivity index (χ3n) is 4.48. The number of amides is 1. The number of likely N-dealkylation sites (N-methyl/N-ethyl adjacent to an activating group) is 1. The van der Waals surface area contributed by atoms with Gasteiger partial charge in [0.1, 0.15) is 11.9 Å². The number of rotatable bonds is 5. The van der Waals surface area contributed by atoms with Gasteiger partial charge in [-0.05, 0) is 33.2 Å². The number of pyridine rings is 1. The Morgan fingerprint density at radius 3 is 2.92 bits per heavy atom. The van der Waals surface area contributed by atoms with Gasteiger partial charge in [0.15, 0.2) is 0 Å². The molecule has 140 valence electrons. The van der Waals surface area contributed by atoms with Crippen LogP contribution in [0.1, 0.15) is 30.2 Å². The fourth-order valence-corrected chi connectivity index (χ4v) is 3.18. The second-order valence-electron chi connectivity index (χ2n) is 6.80. The fourth-order valence-electron chi connectivity index (χ4n) is 3.18. The lowest BCUT2D eigenvalue weighted by molar-refractivity contribution is -0.139. The number of hydrogen-bond acceptors (Lipinski definition) is 6. The summed E-state index contributed by atoms with van der Waals surface area (Å²) in [5, 5.41) is 4.07. The first-order chi connectivity index (χ1) is 12.5. The first-order valence-electron chi connectivity index (χ1n) is 8.96. The molecule has 1 aliphatic heterocycles. The quantitative estimate of drug-likeness (QED) is 0.815. The zero-order chi connectivity index (χ0) is 18.7. The van der Waals surface area contributed by atoms with E-state index in [1.54, 1.807) is 0 Å². The molecule has 1 amide bonds. The van der Waals surface area contributed by atoms with Crippen molar-refractivity contribution >= 4 is 5.91 Å². The molecule has 7 nitrogen and oxygen atoms in total. The maximum Gasteiger partial charge on any atom is 0.236 e. The van der Waals surface area contributed by atoms with E-state index in [1.165, 1.54) is 0 Å². The van der Waals surface area contributed by atoms with Crippen LogP contribution in [0.25, 0.3) is 11.3 Å². The van der Waals surface area contributed by atoms with Crippen LogP contribution >= 0.6 is 0 Å². The number of ether oxygens (including phenoxy) is 1. The minimum Gasteiger partial charge on any atom is -0.368 e. The summed E-state index contributed by atoms with van der Waals surface area (Å²) in [6.45, 7) is 6.01. The average molecular weight is 358 g/mol. The van der Waals surface area contributed by atoms with Crippen LogP contribution in [0.2, 0.25) is 0 Å². The molecule has 1 aliphatic rings. The Labute approximate surface area is 153 Å². The van der Waals surface area contributed by atoms with E-state index in [0.717, 1.165) is 34.8 Å². The first-order valence-corrected chi connectivity index (χ1v) is 8.96. The Morgan fingerprint density at radius 2 is 2.19 bits per heavy atom. The number of morpholine rings is 1. The van der Waals surface area contributed by atoms with Gasteiger partial charge in [-0.2, -0.15) is 0 Å². The number of carbonyl (C=O) groups is 1. The topological polar surface area (TPSA) is 71.7 Å². The SMILES string of the molecule is CCc1onc(C)c1-c1cccc([C@H]2CN(C(=O)CN(C)C)CCO2)n1. The molecule has 7 heteroatoms. The Bertz CT molecular complexity index is 772. The molecule has 3 rings (SSSR count). The van der Waals surface area contributed by atoms with E-state index in [0.29, 0.717) is 26.2 Å². The normalized spacial score (nSPS) is 17.7. The van der Waals surface area contributed by atoms with Crippen LogP contribution in [-0.2, 0) is 16.0 Å². The van der Waals surface area contributed by atoms with Crippen LogP contribution in [0, 0.1) is 6.92 Å². The summed E-state index contributed by atoms with van der Waals surface area (Å²) >= 11 is 0. The summed E-state index contributed by atoms with van der Waals surface area (Å²) < 4.78 is 11.3. The zero-order valence-corrected chi connectivity index (χ0v) is 15.9. The monoisotopic (exact) mass is 358 g/mol. The Morgan fingerprint density at radius 1 is 1.38 bits per heavy atom. The fraction of sp³-hybridized carbons (Fsp3) is 0.526. The zero-order valence-electron chi connectivity index (χ0n) is 15.9. The molecule has 3 heterocycles. The van der Waals surface area contributed by atoms with Crippen LogP contribution in [0.4, 0.5) is 0 Å². The summed E-state index contributed by atoms with van der Waals surface area (Å²) in [4.78, 5) is 20.9. The van der Waals surface area contributed by atoms with E-state index >= 15 is 0 Å². The number of carbonyl (C=O) groups excluding carboxylic acids is 1. The summed E-state index contributed by atoms with van der Waals surface area (Å²) in [5.74, 6) is 0.946. The van der Waals surface area contributed by atoms with Crippen LogP contribution in [0.3, 0.4) is 0 Å². The third kappa shape index (κ3) is 3.94. The standard InChI is InChI=1S/C19H26N4O3/c1-5-16-19(13(2)21-26-16)15-8-6-7-14(20-15)17-11-23(9-10-25-17)18(24)12-22(3)4/h6-8,17H,5,9-12H2,1-4H3/t17-/m1/s1. The van der Waals surface area contributed by atoms with Gasteiger partial charge in [-0.3, -0.25) is 4.79 Å². The average Bonchev–Trinajstić information content (AvgIpc) is 3.02. The van der Waals surface area contributed by atoms with Gasteiger partial charge < -0.3 is 19.1 Å². The molecule has 26 heavy (non-hydrogen) atoms. The van der Waals surface area contributed by atoms with Gasteiger partial charge in [0.2, 0.25) is 5.91 Å². The van der Waals surface area contributed by atoms with Gasteiger partial charge in [-0.15, -0.1) is 0 Å². The van der Waals surface area contributed by atoms with E-state index in [9.17, 15) is 4.79 Å². The Kier molecular flexibility index (Phi) is 5.68. The van der Waals surface area contributed by atoms with Gasteiger partial charge in [0.25, 0.3) is 0 Å². The molecule has 1 fully saturated rings. The summed E-state index contributed by atoms with van der Waals surface area (Å²) in [6.07, 6.45) is 0.537. The Balaban J connectivity index is 1.81. The largest absolute Gasteiger partial charge is 0.368 e. The molecular formula is C19H26N4O3. The third-order valence-corrected chi connectivity index (χ3v) is 4.48. The molecule has 0 N–H and O–H groups in total. The minimum absolute atomic E-state index is 0.114. The lowest BCUT2D eigenvalue weighted by Crippen LogP contribution is -2.45. The van der Waals surface area contributed by atoms with Crippen molar-refractivity contribution < 1.29 is 14.1 Å². The highest BCUT2D eigenvalue weighted by molar-refractivity contribution is 5.78. The van der Waals surface area contributed by atoms with Crippen LogP contribution in [0.5, 0.6) is 0 Å².